The number of piperazine rings is 1. The zero-order valence-electron chi connectivity index (χ0n) is 17.2. The van der Waals surface area contributed by atoms with Gasteiger partial charge in [-0.1, -0.05) is 29.8 Å². The number of aromatic nitrogens is 2. The number of carbonyl (C=O) groups excluding carboxylic acids is 1. The van der Waals surface area contributed by atoms with E-state index in [2.05, 4.69) is 10.00 Å². The van der Waals surface area contributed by atoms with Crippen molar-refractivity contribution in [3.63, 3.8) is 0 Å². The van der Waals surface area contributed by atoms with E-state index in [-0.39, 0.29) is 18.1 Å². The van der Waals surface area contributed by atoms with Crippen molar-refractivity contribution in [2.75, 3.05) is 37.7 Å². The molecule has 0 spiro atoms. The van der Waals surface area contributed by atoms with E-state index in [9.17, 15) is 9.59 Å². The third-order valence-electron chi connectivity index (χ3n) is 5.15. The van der Waals surface area contributed by atoms with Crippen molar-refractivity contribution in [3.05, 3.63) is 81.6 Å². The van der Waals surface area contributed by atoms with Gasteiger partial charge < -0.3 is 14.5 Å². The predicted molar refractivity (Wildman–Crippen MR) is 120 cm³/mol. The highest BCUT2D eigenvalue weighted by atomic mass is 35.5. The van der Waals surface area contributed by atoms with Crippen molar-refractivity contribution in [1.82, 2.24) is 14.7 Å². The number of nitrogens with zero attached hydrogens (tertiary/aromatic N) is 4. The summed E-state index contributed by atoms with van der Waals surface area (Å²) in [5.41, 5.74) is 1.47. The van der Waals surface area contributed by atoms with Crippen molar-refractivity contribution in [1.29, 1.82) is 0 Å². The largest absolute Gasteiger partial charge is 0.484 e. The molecule has 31 heavy (non-hydrogen) atoms. The molecule has 0 N–H and O–H groups in total. The van der Waals surface area contributed by atoms with Gasteiger partial charge in [0.2, 0.25) is 0 Å². The zero-order valence-corrected chi connectivity index (χ0v) is 18.0. The van der Waals surface area contributed by atoms with Gasteiger partial charge >= 0.3 is 0 Å². The molecule has 2 heterocycles. The van der Waals surface area contributed by atoms with Crippen LogP contribution in [-0.4, -0.2) is 53.4 Å². The lowest BCUT2D eigenvalue weighted by molar-refractivity contribution is -0.133. The van der Waals surface area contributed by atoms with Crippen LogP contribution in [0, 0.1) is 6.92 Å². The van der Waals surface area contributed by atoms with Crippen LogP contribution in [0.4, 0.5) is 5.82 Å². The van der Waals surface area contributed by atoms with E-state index in [0.29, 0.717) is 48.5 Å². The Morgan fingerprint density at radius 2 is 1.81 bits per heavy atom. The van der Waals surface area contributed by atoms with Crippen LogP contribution in [0.1, 0.15) is 5.56 Å². The number of halogens is 1. The molecule has 1 saturated heterocycles. The molecular weight excluding hydrogens is 416 g/mol. The van der Waals surface area contributed by atoms with Gasteiger partial charge in [-0.05, 0) is 48.9 Å². The summed E-state index contributed by atoms with van der Waals surface area (Å²) in [7, 11) is 0. The second kappa shape index (κ2) is 9.22. The van der Waals surface area contributed by atoms with Crippen LogP contribution in [0.25, 0.3) is 5.69 Å². The normalized spacial score (nSPS) is 13.9. The Hall–Kier alpha value is -3.32. The Kier molecular flexibility index (Phi) is 6.23. The van der Waals surface area contributed by atoms with E-state index in [1.165, 1.54) is 10.7 Å². The van der Waals surface area contributed by atoms with Crippen LogP contribution < -0.4 is 15.2 Å². The van der Waals surface area contributed by atoms with E-state index in [0.717, 1.165) is 5.56 Å². The van der Waals surface area contributed by atoms with Crippen molar-refractivity contribution < 1.29 is 9.53 Å². The smallest absolute Gasteiger partial charge is 0.271 e. The molecule has 1 aromatic heterocycles. The average Bonchev–Trinajstić information content (AvgIpc) is 2.78. The molecule has 4 rings (SSSR count). The molecule has 0 aliphatic carbocycles. The fourth-order valence-corrected chi connectivity index (χ4v) is 3.67. The van der Waals surface area contributed by atoms with Crippen molar-refractivity contribution in [2.45, 2.75) is 6.92 Å². The molecule has 1 fully saturated rings. The minimum atomic E-state index is -0.229. The first kappa shape index (κ1) is 20.9. The number of rotatable bonds is 5. The molecule has 1 amide bonds. The molecule has 2 aromatic carbocycles. The van der Waals surface area contributed by atoms with Gasteiger partial charge in [0.1, 0.15) is 11.6 Å². The molecule has 0 unspecified atom stereocenters. The number of hydrogen-bond acceptors (Lipinski definition) is 5. The van der Waals surface area contributed by atoms with Crippen LogP contribution >= 0.6 is 11.6 Å². The van der Waals surface area contributed by atoms with E-state index in [1.54, 1.807) is 35.2 Å². The second-order valence-electron chi connectivity index (χ2n) is 7.39. The van der Waals surface area contributed by atoms with E-state index < -0.39 is 0 Å². The summed E-state index contributed by atoms with van der Waals surface area (Å²) in [6, 6.07) is 17.9. The topological polar surface area (TPSA) is 67.7 Å². The maximum atomic E-state index is 12.5. The molecule has 0 bridgehead atoms. The molecule has 0 saturated carbocycles. The monoisotopic (exact) mass is 438 g/mol. The van der Waals surface area contributed by atoms with Gasteiger partial charge in [-0.15, -0.1) is 5.10 Å². The summed E-state index contributed by atoms with van der Waals surface area (Å²) in [6.07, 6.45) is 0. The maximum absolute atomic E-state index is 12.5. The van der Waals surface area contributed by atoms with Crippen molar-refractivity contribution >= 4 is 23.3 Å². The molecule has 0 atom stereocenters. The summed E-state index contributed by atoms with van der Waals surface area (Å²) in [4.78, 5) is 28.7. The fraction of sp³-hybridized carbons (Fsp3) is 0.261. The van der Waals surface area contributed by atoms with Gasteiger partial charge in [0.15, 0.2) is 6.61 Å². The molecule has 8 heteroatoms. The van der Waals surface area contributed by atoms with E-state index >= 15 is 0 Å². The van der Waals surface area contributed by atoms with Gasteiger partial charge in [-0.2, -0.15) is 4.68 Å². The molecule has 1 aliphatic heterocycles. The molecule has 7 nitrogen and oxygen atoms in total. The Morgan fingerprint density at radius 3 is 2.55 bits per heavy atom. The number of benzene rings is 2. The number of ether oxygens (including phenoxy) is 1. The Labute approximate surface area is 185 Å². The van der Waals surface area contributed by atoms with Crippen LogP contribution in [0.5, 0.6) is 5.75 Å². The third-order valence-corrected chi connectivity index (χ3v) is 5.38. The second-order valence-corrected chi connectivity index (χ2v) is 7.83. The van der Waals surface area contributed by atoms with Crippen molar-refractivity contribution in [2.24, 2.45) is 0 Å². The van der Waals surface area contributed by atoms with Crippen LogP contribution in [0.2, 0.25) is 5.02 Å². The Bertz CT molecular complexity index is 1140. The van der Waals surface area contributed by atoms with Gasteiger partial charge in [-0.3, -0.25) is 9.59 Å². The lowest BCUT2D eigenvalue weighted by Crippen LogP contribution is -2.50. The number of carbonyl (C=O) groups is 1. The highest BCUT2D eigenvalue weighted by Crippen LogP contribution is 2.17. The summed E-state index contributed by atoms with van der Waals surface area (Å²) in [5, 5.41) is 5.04. The standard InChI is InChI=1S/C23H23ClN4O3/c1-17-4-2-7-20(14-17)31-16-23(30)27-12-10-26(11-13-27)21-8-9-22(29)28(25-21)19-6-3-5-18(24)15-19/h2-9,14-15H,10-13,16H2,1H3. The van der Waals surface area contributed by atoms with Crippen LogP contribution in [0.15, 0.2) is 65.5 Å². The predicted octanol–water partition coefficient (Wildman–Crippen LogP) is 2.92. The number of aryl methyl sites for hydroxylation is 1. The lowest BCUT2D eigenvalue weighted by atomic mass is 10.2. The van der Waals surface area contributed by atoms with Gasteiger partial charge in [-0.25, -0.2) is 0 Å². The van der Waals surface area contributed by atoms with Gasteiger partial charge in [0, 0.05) is 37.3 Å². The lowest BCUT2D eigenvalue weighted by Gasteiger charge is -2.35. The average molecular weight is 439 g/mol. The first-order valence-corrected chi connectivity index (χ1v) is 10.5. The first-order chi connectivity index (χ1) is 15.0. The first-order valence-electron chi connectivity index (χ1n) is 10.1. The zero-order chi connectivity index (χ0) is 21.8. The third kappa shape index (κ3) is 5.06. The highest BCUT2D eigenvalue weighted by molar-refractivity contribution is 6.30. The number of amides is 1. The van der Waals surface area contributed by atoms with Gasteiger partial charge in [0.25, 0.3) is 11.5 Å². The number of anilines is 1. The number of hydrogen-bond donors (Lipinski definition) is 0. The fourth-order valence-electron chi connectivity index (χ4n) is 3.49. The summed E-state index contributed by atoms with van der Waals surface area (Å²) in [5.74, 6) is 1.33. The van der Waals surface area contributed by atoms with E-state index in [1.807, 2.05) is 31.2 Å². The Morgan fingerprint density at radius 1 is 1.03 bits per heavy atom. The highest BCUT2D eigenvalue weighted by Gasteiger charge is 2.23. The van der Waals surface area contributed by atoms with Crippen LogP contribution in [0.3, 0.4) is 0 Å². The summed E-state index contributed by atoms with van der Waals surface area (Å²) in [6.45, 7) is 4.37. The molecule has 0 radical (unpaired) electrons. The van der Waals surface area contributed by atoms with Gasteiger partial charge in [0.05, 0.1) is 5.69 Å². The molecular formula is C23H23ClN4O3. The maximum Gasteiger partial charge on any atom is 0.271 e. The van der Waals surface area contributed by atoms with Crippen LogP contribution in [-0.2, 0) is 4.79 Å². The minimum Gasteiger partial charge on any atom is -0.484 e. The van der Waals surface area contributed by atoms with Crippen molar-refractivity contribution in [3.8, 4) is 11.4 Å². The SMILES string of the molecule is Cc1cccc(OCC(=O)N2CCN(c3ccc(=O)n(-c4cccc(Cl)c4)n3)CC2)c1. The molecule has 3 aromatic rings. The van der Waals surface area contributed by atoms with E-state index in [4.69, 9.17) is 16.3 Å². The molecule has 1 aliphatic rings. The minimum absolute atomic E-state index is 0.0152. The summed E-state index contributed by atoms with van der Waals surface area (Å²) < 4.78 is 6.98. The Balaban J connectivity index is 1.38. The summed E-state index contributed by atoms with van der Waals surface area (Å²) >= 11 is 6.05. The molecule has 160 valence electrons. The quantitative estimate of drug-likeness (QED) is 0.612.